The summed E-state index contributed by atoms with van der Waals surface area (Å²) >= 11 is 3.51. The van der Waals surface area contributed by atoms with E-state index in [1.54, 1.807) is 29.3 Å². The van der Waals surface area contributed by atoms with Gasteiger partial charge in [-0.25, -0.2) is 9.59 Å². The van der Waals surface area contributed by atoms with Gasteiger partial charge in [-0.3, -0.25) is 9.97 Å². The highest BCUT2D eigenvalue weighted by Gasteiger charge is 2.27. The summed E-state index contributed by atoms with van der Waals surface area (Å²) in [5, 5.41) is 16.1. The lowest BCUT2D eigenvalue weighted by Crippen LogP contribution is -2.39. The van der Waals surface area contributed by atoms with Gasteiger partial charge in [0.05, 0.1) is 22.6 Å². The fourth-order valence-corrected chi connectivity index (χ4v) is 6.99. The number of phenols is 1. The molecule has 2 aromatic heterocycles. The van der Waals surface area contributed by atoms with Crippen LogP contribution in [0, 0.1) is 13.8 Å². The third-order valence-corrected chi connectivity index (χ3v) is 9.40. The molecule has 2 aliphatic heterocycles. The highest BCUT2D eigenvalue weighted by molar-refractivity contribution is 9.10. The second-order valence-corrected chi connectivity index (χ2v) is 16.3. The number of ether oxygens (including phenoxy) is 3. The fourth-order valence-electron chi connectivity index (χ4n) is 6.18. The van der Waals surface area contributed by atoms with Crippen molar-refractivity contribution in [2.45, 2.75) is 79.4 Å². The second-order valence-electron chi connectivity index (χ2n) is 15.5. The number of aryl methyl sites for hydroxylation is 2. The van der Waals surface area contributed by atoms with Crippen LogP contribution in [0.25, 0.3) is 21.8 Å². The number of anilines is 1. The number of halogens is 1. The van der Waals surface area contributed by atoms with Crippen molar-refractivity contribution in [3.63, 3.8) is 0 Å². The molecule has 4 aromatic rings. The Morgan fingerprint density at radius 1 is 0.759 bits per heavy atom. The third kappa shape index (κ3) is 11.8. The van der Waals surface area contributed by atoms with Gasteiger partial charge in [0.15, 0.2) is 0 Å². The third-order valence-electron chi connectivity index (χ3n) is 8.67. The van der Waals surface area contributed by atoms with E-state index in [2.05, 4.69) is 42.2 Å². The Labute approximate surface area is 328 Å². The van der Waals surface area contributed by atoms with E-state index in [9.17, 15) is 14.7 Å². The molecular formula is C41H57BrN6O6. The molecule has 0 unspecified atom stereocenters. The largest absolute Gasteiger partial charge is 0.505 e. The molecule has 294 valence electrons. The number of phenolic OH excluding ortho intramolecular Hbond substituents is 1. The monoisotopic (exact) mass is 808 g/mol. The van der Waals surface area contributed by atoms with Crippen molar-refractivity contribution >= 4 is 55.6 Å². The van der Waals surface area contributed by atoms with E-state index >= 15 is 0 Å². The van der Waals surface area contributed by atoms with Crippen LogP contribution < -0.4 is 15.0 Å². The molecule has 0 bridgehead atoms. The summed E-state index contributed by atoms with van der Waals surface area (Å²) < 4.78 is 17.0. The van der Waals surface area contributed by atoms with Crippen LogP contribution in [0.5, 0.6) is 11.5 Å². The van der Waals surface area contributed by atoms with Gasteiger partial charge in [-0.1, -0.05) is 12.1 Å². The Kier molecular flexibility index (Phi) is 14.8. The lowest BCUT2D eigenvalue weighted by atomic mass is 10.1. The number of carbonyl (C=O) groups excluding carboxylic acids is 2. The molecule has 6 rings (SSSR count). The molecule has 13 heteroatoms. The summed E-state index contributed by atoms with van der Waals surface area (Å²) in [5.41, 5.74) is 3.53. The Balaban J connectivity index is 0.000000197. The number of methoxy groups -OCH3 is 1. The highest BCUT2D eigenvalue weighted by atomic mass is 79.9. The number of hydrogen-bond donors (Lipinski definition) is 2. The van der Waals surface area contributed by atoms with Gasteiger partial charge < -0.3 is 39.3 Å². The minimum atomic E-state index is -0.502. The van der Waals surface area contributed by atoms with Crippen molar-refractivity contribution in [2.24, 2.45) is 0 Å². The highest BCUT2D eigenvalue weighted by Crippen LogP contribution is 2.38. The number of amides is 2. The first-order valence-electron chi connectivity index (χ1n) is 18.6. The average molecular weight is 810 g/mol. The molecule has 2 N–H and O–H groups in total. The fraction of sp³-hybridized carbons (Fsp3) is 0.512. The quantitative estimate of drug-likeness (QED) is 0.204. The minimum Gasteiger partial charge on any atom is -0.505 e. The van der Waals surface area contributed by atoms with E-state index < -0.39 is 11.2 Å². The van der Waals surface area contributed by atoms with Gasteiger partial charge >= 0.3 is 12.2 Å². The molecule has 0 atom stereocenters. The number of hydrogen-bond acceptors (Lipinski definition) is 10. The Morgan fingerprint density at radius 2 is 1.31 bits per heavy atom. The van der Waals surface area contributed by atoms with Crippen LogP contribution in [0.4, 0.5) is 15.3 Å². The number of aromatic nitrogens is 2. The van der Waals surface area contributed by atoms with Crippen molar-refractivity contribution in [3.05, 3.63) is 64.4 Å². The van der Waals surface area contributed by atoms with E-state index in [4.69, 9.17) is 14.2 Å². The summed E-state index contributed by atoms with van der Waals surface area (Å²) in [6.45, 7) is 21.2. The topological polar surface area (TPSA) is 130 Å². The van der Waals surface area contributed by atoms with Crippen LogP contribution in [-0.4, -0.2) is 108 Å². The Hall–Kier alpha value is -4.36. The molecule has 0 radical (unpaired) electrons. The van der Waals surface area contributed by atoms with Gasteiger partial charge in [0.1, 0.15) is 28.4 Å². The number of pyridine rings is 2. The van der Waals surface area contributed by atoms with Gasteiger partial charge in [0.2, 0.25) is 0 Å². The maximum absolute atomic E-state index is 12.4. The van der Waals surface area contributed by atoms with E-state index in [0.29, 0.717) is 19.6 Å². The maximum atomic E-state index is 12.4. The lowest BCUT2D eigenvalue weighted by Gasteiger charge is -2.27. The first-order chi connectivity index (χ1) is 25.5. The van der Waals surface area contributed by atoms with Crippen LogP contribution in [0.3, 0.4) is 0 Å². The molecule has 2 fully saturated rings. The zero-order valence-corrected chi connectivity index (χ0v) is 34.9. The standard InChI is InChI=1S/C20H27N3O3.C11H10BrNO.C10H20N2O2/c1-14-13-15-7-5-8-21-16(15)17(18(14)24)22-9-6-10-23(12-11-22)19(25)26-20(2,3)4;1-7-6-8-4-3-5-13-10(8)9(12)11(7)14-2;1-10(2,3)14-9(13)12-7-4-5-11-6-8-12/h5,7-8,13,24H,6,9-12H2,1-4H3;3-6H,1-2H3;11H,4-8H2,1-3H3. The minimum absolute atomic E-state index is 0.193. The van der Waals surface area contributed by atoms with Crippen LogP contribution in [0.15, 0.2) is 53.3 Å². The van der Waals surface area contributed by atoms with Crippen molar-refractivity contribution < 1.29 is 28.9 Å². The van der Waals surface area contributed by atoms with Gasteiger partial charge in [-0.15, -0.1) is 0 Å². The maximum Gasteiger partial charge on any atom is 0.410 e. The smallest absolute Gasteiger partial charge is 0.410 e. The Bertz CT molecular complexity index is 1880. The molecule has 12 nitrogen and oxygen atoms in total. The van der Waals surface area contributed by atoms with E-state index in [1.165, 1.54) is 0 Å². The molecule has 2 amide bonds. The first-order valence-corrected chi connectivity index (χ1v) is 19.3. The molecule has 2 saturated heterocycles. The molecular weight excluding hydrogens is 752 g/mol. The lowest BCUT2D eigenvalue weighted by molar-refractivity contribution is 0.0252. The molecule has 2 aromatic carbocycles. The van der Waals surface area contributed by atoms with Crippen LogP contribution in [-0.2, 0) is 9.47 Å². The molecule has 0 aliphatic carbocycles. The number of carbonyl (C=O) groups is 2. The number of rotatable bonds is 2. The number of nitrogens with zero attached hydrogens (tertiary/aromatic N) is 5. The van der Waals surface area contributed by atoms with Gasteiger partial charge in [-0.2, -0.15) is 0 Å². The predicted octanol–water partition coefficient (Wildman–Crippen LogP) is 8.23. The zero-order chi connectivity index (χ0) is 39.6. The number of nitrogens with one attached hydrogen (secondary N) is 1. The zero-order valence-electron chi connectivity index (χ0n) is 33.3. The van der Waals surface area contributed by atoms with Crippen molar-refractivity contribution in [1.82, 2.24) is 25.1 Å². The van der Waals surface area contributed by atoms with Crippen molar-refractivity contribution in [2.75, 3.05) is 64.4 Å². The van der Waals surface area contributed by atoms with Gasteiger partial charge in [0, 0.05) is 69.0 Å². The summed E-state index contributed by atoms with van der Waals surface area (Å²) in [7, 11) is 1.67. The first kappa shape index (κ1) is 42.4. The van der Waals surface area contributed by atoms with Crippen LogP contribution in [0.2, 0.25) is 0 Å². The SMILES string of the molecule is CC(C)(C)OC(=O)N1CCCNCC1.COc1c(C)cc2cccnc2c1Br.Cc1cc2cccnc2c(N2CCCN(C(=O)OC(C)(C)C)CC2)c1O. The number of fused-ring (bicyclic) bond motifs is 2. The normalized spacial score (nSPS) is 15.3. The Morgan fingerprint density at radius 3 is 1.93 bits per heavy atom. The molecule has 0 spiro atoms. The van der Waals surface area contributed by atoms with Crippen LogP contribution >= 0.6 is 15.9 Å². The van der Waals surface area contributed by atoms with E-state index in [1.807, 2.05) is 85.7 Å². The molecule has 0 saturated carbocycles. The van der Waals surface area contributed by atoms with Crippen LogP contribution in [0.1, 0.15) is 65.5 Å². The average Bonchev–Trinajstić information content (AvgIpc) is 3.53. The molecule has 2 aliphatic rings. The summed E-state index contributed by atoms with van der Waals surface area (Å²) in [4.78, 5) is 38.4. The van der Waals surface area contributed by atoms with E-state index in [-0.39, 0.29) is 17.9 Å². The number of aromatic hydroxyl groups is 1. The number of benzene rings is 2. The molecule has 4 heterocycles. The second kappa shape index (κ2) is 18.8. The van der Waals surface area contributed by atoms with E-state index in [0.717, 1.165) is 94.4 Å². The summed E-state index contributed by atoms with van der Waals surface area (Å²) in [6.07, 6.45) is 4.85. The molecule has 54 heavy (non-hydrogen) atoms. The van der Waals surface area contributed by atoms with Gasteiger partial charge in [0.25, 0.3) is 0 Å². The van der Waals surface area contributed by atoms with Crippen molar-refractivity contribution in [1.29, 1.82) is 0 Å². The van der Waals surface area contributed by atoms with Gasteiger partial charge in [-0.05, 0) is 126 Å². The summed E-state index contributed by atoms with van der Waals surface area (Å²) in [6, 6.07) is 11.9. The van der Waals surface area contributed by atoms with Crippen molar-refractivity contribution in [3.8, 4) is 11.5 Å². The summed E-state index contributed by atoms with van der Waals surface area (Å²) in [5.74, 6) is 1.12. The predicted molar refractivity (Wildman–Crippen MR) is 219 cm³/mol.